The third kappa shape index (κ3) is 5.91. The number of aromatic nitrogens is 2. The second-order valence-corrected chi connectivity index (χ2v) is 10.0. The number of rotatable bonds is 8. The molecule has 0 saturated carbocycles. The highest BCUT2D eigenvalue weighted by molar-refractivity contribution is 6.31. The maximum atomic E-state index is 12.7. The molecule has 0 unspecified atom stereocenters. The van der Waals surface area contributed by atoms with Gasteiger partial charge >= 0.3 is 0 Å². The lowest BCUT2D eigenvalue weighted by Crippen LogP contribution is -2.18. The number of pyridine rings is 1. The van der Waals surface area contributed by atoms with Crippen LogP contribution in [0.2, 0.25) is 5.02 Å². The molecule has 0 bridgehead atoms. The number of ether oxygens (including phenoxy) is 2. The van der Waals surface area contributed by atoms with Crippen LogP contribution in [-0.2, 0) is 23.1 Å². The van der Waals surface area contributed by atoms with Crippen molar-refractivity contribution in [2.75, 3.05) is 14.2 Å². The van der Waals surface area contributed by atoms with Crippen molar-refractivity contribution in [2.45, 2.75) is 39.0 Å². The molecule has 2 aromatic heterocycles. The number of nitrogens with one attached hydrogen (secondary N) is 1. The van der Waals surface area contributed by atoms with Crippen LogP contribution >= 0.6 is 11.6 Å². The van der Waals surface area contributed by atoms with Crippen LogP contribution in [0.1, 0.15) is 48.1 Å². The number of ketones is 1. The van der Waals surface area contributed by atoms with Crippen molar-refractivity contribution < 1.29 is 23.6 Å². The van der Waals surface area contributed by atoms with Crippen molar-refractivity contribution in [3.63, 3.8) is 0 Å². The molecule has 1 N–H and O–H groups in total. The molecule has 9 heteroatoms. The summed E-state index contributed by atoms with van der Waals surface area (Å²) in [5, 5.41) is 7.67. The van der Waals surface area contributed by atoms with Crippen molar-refractivity contribution in [3.05, 3.63) is 76.3 Å². The van der Waals surface area contributed by atoms with E-state index in [4.69, 9.17) is 25.6 Å². The number of nitrogens with zero attached hydrogens (tertiary/aromatic N) is 2. The van der Waals surface area contributed by atoms with E-state index in [0.29, 0.717) is 50.0 Å². The molecule has 2 heterocycles. The maximum absolute atomic E-state index is 12.7. The fraction of sp³-hybridized carbons (Fsp3) is 0.286. The van der Waals surface area contributed by atoms with Gasteiger partial charge in [0.25, 0.3) is 5.91 Å². The summed E-state index contributed by atoms with van der Waals surface area (Å²) in [6, 6.07) is 12.1. The molecule has 4 rings (SSSR count). The van der Waals surface area contributed by atoms with Crippen molar-refractivity contribution >= 4 is 34.2 Å². The van der Waals surface area contributed by atoms with Gasteiger partial charge in [-0.1, -0.05) is 43.6 Å². The number of amides is 1. The van der Waals surface area contributed by atoms with Gasteiger partial charge < -0.3 is 19.3 Å². The minimum Gasteiger partial charge on any atom is -0.496 e. The Kier molecular flexibility index (Phi) is 7.50. The van der Waals surface area contributed by atoms with E-state index in [1.807, 2.05) is 26.8 Å². The van der Waals surface area contributed by atoms with Crippen LogP contribution in [0.3, 0.4) is 0 Å². The number of methoxy groups -OCH3 is 1. The minimum atomic E-state index is -0.286. The predicted octanol–water partition coefficient (Wildman–Crippen LogP) is 5.69. The first-order valence-electron chi connectivity index (χ1n) is 11.7. The highest BCUT2D eigenvalue weighted by atomic mass is 35.5. The van der Waals surface area contributed by atoms with Gasteiger partial charge in [0.2, 0.25) is 0 Å². The number of benzene rings is 2. The molecule has 0 saturated heterocycles. The number of hydrogen-bond acceptors (Lipinski definition) is 7. The van der Waals surface area contributed by atoms with Crippen LogP contribution < -0.4 is 14.8 Å². The van der Waals surface area contributed by atoms with Gasteiger partial charge in [-0.25, -0.2) is 0 Å². The van der Waals surface area contributed by atoms with Crippen molar-refractivity contribution in [1.29, 1.82) is 0 Å². The maximum Gasteiger partial charge on any atom is 0.254 e. The summed E-state index contributed by atoms with van der Waals surface area (Å²) in [6.07, 6.45) is 1.93. The molecule has 0 radical (unpaired) electrons. The number of halogens is 1. The van der Waals surface area contributed by atoms with Gasteiger partial charge in [0.05, 0.1) is 30.3 Å². The number of carbonyl (C=O) groups excluding carboxylic acids is 2. The van der Waals surface area contributed by atoms with E-state index in [1.54, 1.807) is 49.6 Å². The highest BCUT2D eigenvalue weighted by Crippen LogP contribution is 2.34. The first-order valence-corrected chi connectivity index (χ1v) is 12.1. The summed E-state index contributed by atoms with van der Waals surface area (Å²) in [5.41, 5.74) is 2.08. The topological polar surface area (TPSA) is 104 Å². The summed E-state index contributed by atoms with van der Waals surface area (Å²) < 4.78 is 16.8. The first-order chi connectivity index (χ1) is 17.6. The molecule has 4 aromatic rings. The lowest BCUT2D eigenvalue weighted by molar-refractivity contribution is -0.117. The van der Waals surface area contributed by atoms with E-state index < -0.39 is 0 Å². The van der Waals surface area contributed by atoms with E-state index in [0.717, 1.165) is 5.76 Å². The van der Waals surface area contributed by atoms with Gasteiger partial charge in [0.15, 0.2) is 0 Å². The highest BCUT2D eigenvalue weighted by Gasteiger charge is 2.21. The number of carbonyl (C=O) groups is 2. The van der Waals surface area contributed by atoms with Gasteiger partial charge in [-0.3, -0.25) is 14.6 Å². The lowest BCUT2D eigenvalue weighted by Gasteiger charge is -2.13. The normalized spacial score (nSPS) is 11.4. The largest absolute Gasteiger partial charge is 0.496 e. The van der Waals surface area contributed by atoms with Gasteiger partial charge in [-0.2, -0.15) is 0 Å². The fourth-order valence-electron chi connectivity index (χ4n) is 3.81. The number of fused-ring (bicyclic) bond motifs is 1. The Balaban J connectivity index is 1.52. The van der Waals surface area contributed by atoms with Crippen molar-refractivity contribution in [3.8, 4) is 17.2 Å². The van der Waals surface area contributed by atoms with Crippen molar-refractivity contribution in [2.24, 2.45) is 0 Å². The quantitative estimate of drug-likeness (QED) is 0.317. The molecule has 1 amide bonds. The molecule has 0 aliphatic heterocycles. The van der Waals surface area contributed by atoms with Crippen LogP contribution in [0.25, 0.3) is 10.9 Å². The average molecular weight is 522 g/mol. The second-order valence-electron chi connectivity index (χ2n) is 9.64. The van der Waals surface area contributed by atoms with Gasteiger partial charge in [-0.05, 0) is 29.8 Å². The van der Waals surface area contributed by atoms with Crippen LogP contribution in [-0.4, -0.2) is 36.0 Å². The molecule has 0 aliphatic carbocycles. The Hall–Kier alpha value is -3.91. The summed E-state index contributed by atoms with van der Waals surface area (Å²) in [4.78, 5) is 29.4. The van der Waals surface area contributed by atoms with E-state index >= 15 is 0 Å². The van der Waals surface area contributed by atoms with Crippen LogP contribution in [0.5, 0.6) is 17.2 Å². The Morgan fingerprint density at radius 1 is 1.05 bits per heavy atom. The lowest BCUT2D eigenvalue weighted by atomic mass is 9.93. The van der Waals surface area contributed by atoms with E-state index in [1.165, 1.54) is 7.11 Å². The summed E-state index contributed by atoms with van der Waals surface area (Å²) in [5.74, 6) is 1.81. The van der Waals surface area contributed by atoms with E-state index in [-0.39, 0.29) is 29.9 Å². The fourth-order valence-corrected chi connectivity index (χ4v) is 4.04. The first kappa shape index (κ1) is 26.2. The number of Topliss-reactive ketones (excluding diaryl/α,β-unsaturated/α-hetero) is 1. The zero-order valence-electron chi connectivity index (χ0n) is 21.3. The molecular weight excluding hydrogens is 494 g/mol. The molecule has 0 atom stereocenters. The van der Waals surface area contributed by atoms with E-state index in [9.17, 15) is 9.59 Å². The Labute approximate surface area is 219 Å². The zero-order valence-corrected chi connectivity index (χ0v) is 22.1. The average Bonchev–Trinajstić information content (AvgIpc) is 3.33. The number of hydrogen-bond donors (Lipinski definition) is 1. The van der Waals surface area contributed by atoms with Crippen LogP contribution in [0.4, 0.5) is 0 Å². The van der Waals surface area contributed by atoms with Gasteiger partial charge in [-0.15, -0.1) is 0 Å². The minimum absolute atomic E-state index is 0.0277. The monoisotopic (exact) mass is 521 g/mol. The third-order valence-corrected chi connectivity index (χ3v) is 6.16. The zero-order chi connectivity index (χ0) is 26.7. The standard InChI is InChI=1S/C28H28ClN3O5/c1-28(2,3)26-12-17(32-37-26)11-18(33)10-16-6-7-19(13-22(16)29)36-24-8-9-31-23-15-25(35-5)21(14-20(23)24)27(34)30-4/h6-9,12-15H,10-11H2,1-5H3,(H,30,34). The second kappa shape index (κ2) is 10.6. The Morgan fingerprint density at radius 2 is 1.84 bits per heavy atom. The van der Waals surface area contributed by atoms with Gasteiger partial charge in [0, 0.05) is 47.6 Å². The molecule has 0 fully saturated rings. The van der Waals surface area contributed by atoms with Crippen LogP contribution in [0, 0.1) is 0 Å². The molecule has 8 nitrogen and oxygen atoms in total. The molecule has 192 valence electrons. The smallest absolute Gasteiger partial charge is 0.254 e. The van der Waals surface area contributed by atoms with Crippen molar-refractivity contribution in [1.82, 2.24) is 15.5 Å². The van der Waals surface area contributed by atoms with E-state index in [2.05, 4.69) is 15.5 Å². The van der Waals surface area contributed by atoms with Gasteiger partial charge in [0.1, 0.15) is 28.8 Å². The Morgan fingerprint density at radius 3 is 2.49 bits per heavy atom. The van der Waals surface area contributed by atoms with Crippen LogP contribution in [0.15, 0.2) is 53.2 Å². The predicted molar refractivity (Wildman–Crippen MR) is 141 cm³/mol. The summed E-state index contributed by atoms with van der Waals surface area (Å²) >= 11 is 6.50. The third-order valence-electron chi connectivity index (χ3n) is 5.81. The Bertz CT molecular complexity index is 1470. The SMILES string of the molecule is CNC(=O)c1cc2c(Oc3ccc(CC(=O)Cc4cc(C(C)(C)C)on4)c(Cl)c3)ccnc2cc1OC. The molecule has 37 heavy (non-hydrogen) atoms. The molecular formula is C28H28ClN3O5. The molecule has 0 aliphatic rings. The molecule has 0 spiro atoms. The summed E-state index contributed by atoms with van der Waals surface area (Å²) in [7, 11) is 3.05. The molecule has 2 aromatic carbocycles. The summed E-state index contributed by atoms with van der Waals surface area (Å²) in [6.45, 7) is 6.07.